The first-order valence-electron chi connectivity index (χ1n) is 9.46. The molecule has 148 valence electrons. The SMILES string of the molecule is CC(C)=CCC[C@](C)(/C=C/CC(=O)c1ccccc1)N(O)c1ccc(Br)cc1. The molecule has 0 fully saturated rings. The smallest absolute Gasteiger partial charge is 0.166 e. The van der Waals surface area contributed by atoms with Crippen molar-refractivity contribution in [2.45, 2.75) is 45.6 Å². The number of hydroxylamine groups is 1. The number of nitrogens with zero attached hydrogens (tertiary/aromatic N) is 1. The van der Waals surface area contributed by atoms with Crippen molar-refractivity contribution in [2.24, 2.45) is 0 Å². The molecule has 0 unspecified atom stereocenters. The summed E-state index contributed by atoms with van der Waals surface area (Å²) in [5, 5.41) is 12.2. The predicted molar refractivity (Wildman–Crippen MR) is 120 cm³/mol. The molecule has 1 N–H and O–H groups in total. The van der Waals surface area contributed by atoms with Crippen LogP contribution in [0.4, 0.5) is 5.69 Å². The summed E-state index contributed by atoms with van der Waals surface area (Å²) in [4.78, 5) is 12.4. The Morgan fingerprint density at radius 2 is 1.75 bits per heavy atom. The number of hydrogen-bond donors (Lipinski definition) is 1. The largest absolute Gasteiger partial charge is 0.294 e. The van der Waals surface area contributed by atoms with Crippen LogP contribution >= 0.6 is 15.9 Å². The maximum atomic E-state index is 12.4. The zero-order chi connectivity index (χ0) is 20.6. The average molecular weight is 442 g/mol. The number of halogens is 1. The van der Waals surface area contributed by atoms with E-state index in [9.17, 15) is 10.0 Å². The van der Waals surface area contributed by atoms with E-state index in [0.29, 0.717) is 17.7 Å². The van der Waals surface area contributed by atoms with Crippen LogP contribution in [0.5, 0.6) is 0 Å². The lowest BCUT2D eigenvalue weighted by atomic mass is 9.92. The van der Waals surface area contributed by atoms with Gasteiger partial charge in [0.25, 0.3) is 0 Å². The lowest BCUT2D eigenvalue weighted by Crippen LogP contribution is -2.42. The van der Waals surface area contributed by atoms with Gasteiger partial charge in [-0.25, -0.2) is 5.06 Å². The number of anilines is 1. The number of hydrogen-bond acceptors (Lipinski definition) is 3. The quantitative estimate of drug-likeness (QED) is 0.259. The van der Waals surface area contributed by atoms with E-state index in [1.807, 2.05) is 73.7 Å². The molecule has 0 bridgehead atoms. The Kier molecular flexibility index (Phi) is 8.21. The van der Waals surface area contributed by atoms with Crippen LogP contribution < -0.4 is 5.06 Å². The second-order valence-corrected chi connectivity index (χ2v) is 8.28. The summed E-state index contributed by atoms with van der Waals surface area (Å²) < 4.78 is 0.958. The van der Waals surface area contributed by atoms with E-state index >= 15 is 0 Å². The molecule has 2 rings (SSSR count). The lowest BCUT2D eigenvalue weighted by molar-refractivity contribution is 0.0995. The van der Waals surface area contributed by atoms with Crippen molar-refractivity contribution in [3.63, 3.8) is 0 Å². The van der Waals surface area contributed by atoms with Crippen molar-refractivity contribution in [1.82, 2.24) is 0 Å². The Balaban J connectivity index is 2.18. The summed E-state index contributed by atoms with van der Waals surface area (Å²) in [6.45, 7) is 6.12. The molecule has 0 heterocycles. The molecule has 0 amide bonds. The molecule has 3 nitrogen and oxygen atoms in total. The van der Waals surface area contributed by atoms with Gasteiger partial charge in [-0.15, -0.1) is 0 Å². The van der Waals surface area contributed by atoms with E-state index in [2.05, 4.69) is 35.9 Å². The van der Waals surface area contributed by atoms with Crippen LogP contribution in [0.15, 0.2) is 82.9 Å². The summed E-state index contributed by atoms with van der Waals surface area (Å²) in [6.07, 6.45) is 7.83. The van der Waals surface area contributed by atoms with Gasteiger partial charge in [0, 0.05) is 16.5 Å². The minimum absolute atomic E-state index is 0.0663. The van der Waals surface area contributed by atoms with Gasteiger partial charge < -0.3 is 0 Å². The number of allylic oxidation sites excluding steroid dienone is 3. The molecule has 28 heavy (non-hydrogen) atoms. The molecule has 0 radical (unpaired) electrons. The Morgan fingerprint density at radius 1 is 1.11 bits per heavy atom. The van der Waals surface area contributed by atoms with E-state index in [1.165, 1.54) is 10.6 Å². The number of carbonyl (C=O) groups is 1. The summed E-state index contributed by atoms with van der Waals surface area (Å²) in [5.41, 5.74) is 2.03. The normalized spacial score (nSPS) is 13.2. The maximum Gasteiger partial charge on any atom is 0.166 e. The highest BCUT2D eigenvalue weighted by atomic mass is 79.9. The van der Waals surface area contributed by atoms with Gasteiger partial charge in [0.15, 0.2) is 5.78 Å². The molecule has 0 aliphatic rings. The molecule has 2 aromatic carbocycles. The van der Waals surface area contributed by atoms with E-state index in [0.717, 1.165) is 17.3 Å². The van der Waals surface area contributed by atoms with Crippen molar-refractivity contribution in [3.05, 3.63) is 88.4 Å². The second-order valence-electron chi connectivity index (χ2n) is 7.36. The maximum absolute atomic E-state index is 12.4. The highest BCUT2D eigenvalue weighted by Crippen LogP contribution is 2.29. The van der Waals surface area contributed by atoms with Crippen LogP contribution in [0, 0.1) is 0 Å². The topological polar surface area (TPSA) is 40.5 Å². The van der Waals surface area contributed by atoms with Gasteiger partial charge in [-0.3, -0.25) is 10.0 Å². The van der Waals surface area contributed by atoms with Crippen LogP contribution in [0.25, 0.3) is 0 Å². The van der Waals surface area contributed by atoms with E-state index < -0.39 is 5.54 Å². The molecular weight excluding hydrogens is 414 g/mol. The Hall–Kier alpha value is -2.17. The Labute approximate surface area is 176 Å². The fourth-order valence-corrected chi connectivity index (χ4v) is 3.22. The molecule has 0 spiro atoms. The summed E-state index contributed by atoms with van der Waals surface area (Å²) in [5.74, 6) is 0.0663. The number of ketones is 1. The minimum atomic E-state index is -0.628. The van der Waals surface area contributed by atoms with Crippen molar-refractivity contribution in [2.75, 3.05) is 5.06 Å². The fourth-order valence-electron chi connectivity index (χ4n) is 2.95. The highest BCUT2D eigenvalue weighted by Gasteiger charge is 2.28. The van der Waals surface area contributed by atoms with Gasteiger partial charge >= 0.3 is 0 Å². The van der Waals surface area contributed by atoms with Gasteiger partial charge in [-0.2, -0.15) is 0 Å². The highest BCUT2D eigenvalue weighted by molar-refractivity contribution is 9.10. The number of rotatable bonds is 9. The van der Waals surface area contributed by atoms with Gasteiger partial charge in [0.05, 0.1) is 11.2 Å². The standard InChI is InChI=1S/C24H28BrNO2/c1-19(2)9-7-17-24(3,26(28)22-15-13-21(25)14-16-22)18-8-12-23(27)20-10-5-4-6-11-20/h4-6,8-11,13-16,18,28H,7,12,17H2,1-3H3/b18-8+/t24-/m1/s1. The van der Waals surface area contributed by atoms with Gasteiger partial charge in [-0.05, 0) is 57.9 Å². The number of carbonyl (C=O) groups excluding carboxylic acids is 1. The van der Waals surface area contributed by atoms with Crippen molar-refractivity contribution >= 4 is 27.4 Å². The third kappa shape index (κ3) is 6.47. The molecule has 4 heteroatoms. The molecule has 2 aromatic rings. The molecule has 0 saturated carbocycles. The lowest BCUT2D eigenvalue weighted by Gasteiger charge is -2.36. The van der Waals surface area contributed by atoms with Gasteiger partial charge in [-0.1, -0.05) is 70.1 Å². The molecule has 1 atom stereocenters. The van der Waals surface area contributed by atoms with E-state index in [-0.39, 0.29) is 5.78 Å². The molecule has 0 aliphatic carbocycles. The van der Waals surface area contributed by atoms with Gasteiger partial charge in [0.1, 0.15) is 0 Å². The van der Waals surface area contributed by atoms with E-state index in [1.54, 1.807) is 0 Å². The zero-order valence-electron chi connectivity index (χ0n) is 16.7. The number of benzene rings is 2. The zero-order valence-corrected chi connectivity index (χ0v) is 18.3. The molecule has 0 saturated heterocycles. The van der Waals surface area contributed by atoms with Crippen LogP contribution in [0.3, 0.4) is 0 Å². The van der Waals surface area contributed by atoms with Crippen molar-refractivity contribution < 1.29 is 10.0 Å². The molecular formula is C24H28BrNO2. The van der Waals surface area contributed by atoms with Crippen LogP contribution in [0.2, 0.25) is 0 Å². The Bertz CT molecular complexity index is 823. The minimum Gasteiger partial charge on any atom is -0.294 e. The molecule has 0 aromatic heterocycles. The fraction of sp³-hybridized carbons (Fsp3) is 0.292. The predicted octanol–water partition coefficient (Wildman–Crippen LogP) is 6.98. The van der Waals surface area contributed by atoms with Crippen LogP contribution in [0.1, 0.15) is 50.4 Å². The van der Waals surface area contributed by atoms with Gasteiger partial charge in [0.2, 0.25) is 0 Å². The molecule has 0 aliphatic heterocycles. The third-order valence-corrected chi connectivity index (χ3v) is 5.16. The number of Topliss-reactive ketones (excluding diaryl/α,β-unsaturated/α-hetero) is 1. The van der Waals surface area contributed by atoms with E-state index in [4.69, 9.17) is 0 Å². The second kappa shape index (κ2) is 10.4. The third-order valence-electron chi connectivity index (χ3n) is 4.63. The first-order chi connectivity index (χ1) is 13.3. The van der Waals surface area contributed by atoms with Crippen LogP contribution in [-0.4, -0.2) is 16.5 Å². The first-order valence-corrected chi connectivity index (χ1v) is 10.2. The summed E-state index contributed by atoms with van der Waals surface area (Å²) in [6, 6.07) is 16.8. The Morgan fingerprint density at radius 3 is 2.36 bits per heavy atom. The van der Waals surface area contributed by atoms with Crippen molar-refractivity contribution in [3.8, 4) is 0 Å². The summed E-state index contributed by atoms with van der Waals surface area (Å²) in [7, 11) is 0. The van der Waals surface area contributed by atoms with Crippen molar-refractivity contribution in [1.29, 1.82) is 0 Å². The summed E-state index contributed by atoms with van der Waals surface area (Å²) >= 11 is 3.42. The first kappa shape index (κ1) is 22.1. The monoisotopic (exact) mass is 441 g/mol. The average Bonchev–Trinajstić information content (AvgIpc) is 2.68. The van der Waals surface area contributed by atoms with Crippen LogP contribution in [-0.2, 0) is 0 Å².